The highest BCUT2D eigenvalue weighted by molar-refractivity contribution is 5.93. The number of likely N-dealkylation sites (tertiary alicyclic amines) is 1. The summed E-state index contributed by atoms with van der Waals surface area (Å²) in [7, 11) is 3.30. The molecule has 7 nitrogen and oxygen atoms in total. The van der Waals surface area contributed by atoms with Crippen LogP contribution in [0.2, 0.25) is 0 Å². The molecule has 0 atom stereocenters. The molecule has 0 aliphatic carbocycles. The zero-order valence-corrected chi connectivity index (χ0v) is 15.8. The first-order valence-corrected chi connectivity index (χ1v) is 9.29. The Kier molecular flexibility index (Phi) is 4.83. The topological polar surface area (TPSA) is 67.8 Å². The number of aromatic nitrogens is 2. The Labute approximate surface area is 158 Å². The fraction of sp³-hybridized carbons (Fsp3) is 0.450. The van der Waals surface area contributed by atoms with Crippen molar-refractivity contribution in [2.24, 2.45) is 0 Å². The number of fused-ring (bicyclic) bond motifs is 1. The van der Waals surface area contributed by atoms with Crippen LogP contribution in [0.1, 0.15) is 34.5 Å². The summed E-state index contributed by atoms with van der Waals surface area (Å²) in [6, 6.07) is 5.89. The summed E-state index contributed by atoms with van der Waals surface area (Å²) in [6.07, 6.45) is 4.51. The Balaban J connectivity index is 1.57. The fourth-order valence-corrected chi connectivity index (χ4v) is 3.80. The first-order valence-electron chi connectivity index (χ1n) is 9.29. The van der Waals surface area contributed by atoms with E-state index in [0.717, 1.165) is 56.2 Å². The van der Waals surface area contributed by atoms with Crippen LogP contribution in [0.4, 0.5) is 5.82 Å². The molecule has 142 valence electrons. The van der Waals surface area contributed by atoms with Crippen LogP contribution in [-0.4, -0.2) is 54.6 Å². The molecule has 1 aromatic carbocycles. The standard InChI is InChI=1S/C20H24N4O3/c1-26-17-9-14-5-8-24(12-15(14)10-18(17)27-2)19-11-16(21-13-22-19)20(25)23-6-3-4-7-23/h9-11,13H,3-8,12H2,1-2H3. The number of anilines is 1. The molecule has 27 heavy (non-hydrogen) atoms. The zero-order valence-electron chi connectivity index (χ0n) is 15.8. The van der Waals surface area contributed by atoms with Crippen molar-refractivity contribution in [3.05, 3.63) is 41.3 Å². The van der Waals surface area contributed by atoms with E-state index in [-0.39, 0.29) is 5.91 Å². The van der Waals surface area contributed by atoms with Crippen LogP contribution in [-0.2, 0) is 13.0 Å². The summed E-state index contributed by atoms with van der Waals surface area (Å²) in [5.41, 5.74) is 2.91. The molecule has 3 heterocycles. The van der Waals surface area contributed by atoms with Crippen molar-refractivity contribution < 1.29 is 14.3 Å². The summed E-state index contributed by atoms with van der Waals surface area (Å²) >= 11 is 0. The third-order valence-electron chi connectivity index (χ3n) is 5.31. The molecule has 0 unspecified atom stereocenters. The van der Waals surface area contributed by atoms with Crippen molar-refractivity contribution in [3.63, 3.8) is 0 Å². The van der Waals surface area contributed by atoms with Gasteiger partial charge < -0.3 is 19.3 Å². The van der Waals surface area contributed by atoms with Gasteiger partial charge in [-0.05, 0) is 42.5 Å². The van der Waals surface area contributed by atoms with E-state index in [1.807, 2.05) is 23.1 Å². The minimum atomic E-state index is -0.0000322. The summed E-state index contributed by atoms with van der Waals surface area (Å²) in [6.45, 7) is 3.18. The quantitative estimate of drug-likeness (QED) is 0.825. The summed E-state index contributed by atoms with van der Waals surface area (Å²) < 4.78 is 10.8. The first kappa shape index (κ1) is 17.6. The smallest absolute Gasteiger partial charge is 0.272 e. The fourth-order valence-electron chi connectivity index (χ4n) is 3.80. The van der Waals surface area contributed by atoms with E-state index in [1.165, 1.54) is 17.5 Å². The number of methoxy groups -OCH3 is 2. The van der Waals surface area contributed by atoms with E-state index < -0.39 is 0 Å². The highest BCUT2D eigenvalue weighted by Gasteiger charge is 2.24. The minimum absolute atomic E-state index is 0.0000322. The SMILES string of the molecule is COc1cc2c(cc1OC)CN(c1cc(C(=O)N3CCCC3)ncn1)CC2. The van der Waals surface area contributed by atoms with Gasteiger partial charge in [-0.3, -0.25) is 4.79 Å². The number of carbonyl (C=O) groups excluding carboxylic acids is 1. The molecular formula is C20H24N4O3. The third kappa shape index (κ3) is 3.41. The van der Waals surface area contributed by atoms with Gasteiger partial charge in [-0.15, -0.1) is 0 Å². The van der Waals surface area contributed by atoms with Crippen molar-refractivity contribution in [1.82, 2.24) is 14.9 Å². The molecule has 4 rings (SSSR count). The molecule has 1 amide bonds. The van der Waals surface area contributed by atoms with Crippen LogP contribution in [0.25, 0.3) is 0 Å². The molecule has 2 aromatic rings. The van der Waals surface area contributed by atoms with Crippen LogP contribution in [0.15, 0.2) is 24.5 Å². The predicted molar refractivity (Wildman–Crippen MR) is 101 cm³/mol. The maximum atomic E-state index is 12.6. The first-order chi connectivity index (χ1) is 13.2. The van der Waals surface area contributed by atoms with E-state index in [0.29, 0.717) is 12.2 Å². The van der Waals surface area contributed by atoms with Crippen LogP contribution < -0.4 is 14.4 Å². The third-order valence-corrected chi connectivity index (χ3v) is 5.31. The molecule has 1 aromatic heterocycles. The van der Waals surface area contributed by atoms with Gasteiger partial charge in [0.25, 0.3) is 5.91 Å². The number of hydrogen-bond donors (Lipinski definition) is 0. The Hall–Kier alpha value is -2.83. The van der Waals surface area contributed by atoms with Gasteiger partial charge in [-0.2, -0.15) is 0 Å². The Bertz CT molecular complexity index is 849. The van der Waals surface area contributed by atoms with Crippen LogP contribution in [0, 0.1) is 0 Å². The molecule has 1 saturated heterocycles. The zero-order chi connectivity index (χ0) is 18.8. The van der Waals surface area contributed by atoms with Crippen molar-refractivity contribution in [2.45, 2.75) is 25.8 Å². The van der Waals surface area contributed by atoms with Gasteiger partial charge in [-0.25, -0.2) is 9.97 Å². The van der Waals surface area contributed by atoms with E-state index in [9.17, 15) is 4.79 Å². The second-order valence-electron chi connectivity index (χ2n) is 6.91. The van der Waals surface area contributed by atoms with Gasteiger partial charge in [0.05, 0.1) is 14.2 Å². The summed E-state index contributed by atoms with van der Waals surface area (Å²) in [4.78, 5) is 25.3. The van der Waals surface area contributed by atoms with Gasteiger partial charge in [-0.1, -0.05) is 0 Å². The summed E-state index contributed by atoms with van der Waals surface area (Å²) in [5, 5.41) is 0. The predicted octanol–water partition coefficient (Wildman–Crippen LogP) is 2.29. The lowest BCUT2D eigenvalue weighted by molar-refractivity contribution is 0.0787. The van der Waals surface area contributed by atoms with Gasteiger partial charge in [0, 0.05) is 32.2 Å². The number of benzene rings is 1. The van der Waals surface area contributed by atoms with Crippen LogP contribution >= 0.6 is 0 Å². The van der Waals surface area contributed by atoms with Crippen molar-refractivity contribution in [3.8, 4) is 11.5 Å². The maximum Gasteiger partial charge on any atom is 0.272 e. The second-order valence-corrected chi connectivity index (χ2v) is 6.91. The molecule has 0 bridgehead atoms. The molecule has 2 aliphatic rings. The Morgan fingerprint density at radius 2 is 1.67 bits per heavy atom. The average Bonchev–Trinajstić information content (AvgIpc) is 3.26. The van der Waals surface area contributed by atoms with Crippen LogP contribution in [0.3, 0.4) is 0 Å². The normalized spacial score (nSPS) is 16.2. The highest BCUT2D eigenvalue weighted by Crippen LogP contribution is 2.34. The molecule has 2 aliphatic heterocycles. The molecule has 0 N–H and O–H groups in total. The van der Waals surface area contributed by atoms with Gasteiger partial charge in [0.15, 0.2) is 11.5 Å². The highest BCUT2D eigenvalue weighted by atomic mass is 16.5. The number of amides is 1. The Morgan fingerprint density at radius 3 is 2.37 bits per heavy atom. The van der Waals surface area contributed by atoms with E-state index in [2.05, 4.69) is 14.9 Å². The minimum Gasteiger partial charge on any atom is -0.493 e. The number of carbonyl (C=O) groups is 1. The maximum absolute atomic E-state index is 12.6. The van der Waals surface area contributed by atoms with Crippen molar-refractivity contribution >= 4 is 11.7 Å². The number of hydrogen-bond acceptors (Lipinski definition) is 6. The molecule has 0 spiro atoms. The van der Waals surface area contributed by atoms with E-state index in [1.54, 1.807) is 14.2 Å². The molecule has 0 saturated carbocycles. The lowest BCUT2D eigenvalue weighted by atomic mass is 9.98. The van der Waals surface area contributed by atoms with Crippen molar-refractivity contribution in [2.75, 3.05) is 38.8 Å². The Morgan fingerprint density at radius 1 is 0.963 bits per heavy atom. The van der Waals surface area contributed by atoms with Crippen molar-refractivity contribution in [1.29, 1.82) is 0 Å². The summed E-state index contributed by atoms with van der Waals surface area (Å²) in [5.74, 6) is 2.27. The largest absolute Gasteiger partial charge is 0.493 e. The molecule has 7 heteroatoms. The molecule has 0 radical (unpaired) electrons. The van der Waals surface area contributed by atoms with Gasteiger partial charge in [0.2, 0.25) is 0 Å². The average molecular weight is 368 g/mol. The van der Waals surface area contributed by atoms with Gasteiger partial charge in [0.1, 0.15) is 17.8 Å². The molecular weight excluding hydrogens is 344 g/mol. The number of nitrogens with zero attached hydrogens (tertiary/aromatic N) is 4. The van der Waals surface area contributed by atoms with E-state index >= 15 is 0 Å². The van der Waals surface area contributed by atoms with Crippen LogP contribution in [0.5, 0.6) is 11.5 Å². The second kappa shape index (κ2) is 7.42. The van der Waals surface area contributed by atoms with Gasteiger partial charge >= 0.3 is 0 Å². The monoisotopic (exact) mass is 368 g/mol. The number of ether oxygens (including phenoxy) is 2. The molecule has 1 fully saturated rings. The van der Waals surface area contributed by atoms with E-state index in [4.69, 9.17) is 9.47 Å². The lowest BCUT2D eigenvalue weighted by Gasteiger charge is -2.30. The lowest BCUT2D eigenvalue weighted by Crippen LogP contribution is -2.32. The number of rotatable bonds is 4.